The van der Waals surface area contributed by atoms with E-state index in [9.17, 15) is 0 Å². The van der Waals surface area contributed by atoms with Crippen molar-refractivity contribution in [3.05, 3.63) is 29.8 Å². The highest BCUT2D eigenvalue weighted by atomic mass is 16.5. The summed E-state index contributed by atoms with van der Waals surface area (Å²) in [5, 5.41) is 3.76. The lowest BCUT2D eigenvalue weighted by Crippen LogP contribution is -2.50. The average Bonchev–Trinajstić information content (AvgIpc) is 2.98. The maximum Gasteiger partial charge on any atom is 0.122 e. The molecule has 1 aliphatic heterocycles. The summed E-state index contributed by atoms with van der Waals surface area (Å²) in [6.45, 7) is 3.03. The van der Waals surface area contributed by atoms with Crippen LogP contribution in [0.1, 0.15) is 43.6 Å². The molecule has 3 nitrogen and oxygen atoms in total. The van der Waals surface area contributed by atoms with Gasteiger partial charge in [-0.2, -0.15) is 0 Å². The molecule has 116 valence electrons. The van der Waals surface area contributed by atoms with Gasteiger partial charge in [-0.1, -0.05) is 31.0 Å². The Labute approximate surface area is 128 Å². The van der Waals surface area contributed by atoms with E-state index in [1.807, 2.05) is 0 Å². The second-order valence-corrected chi connectivity index (χ2v) is 6.83. The standard InChI is InChI=1S/C18H28N2O/c1-20(2)18(10-5-6-11-18)14-19-13-15-9-12-21-17-8-4-3-7-16(15)17/h3-4,7-8,15,19H,5-6,9-14H2,1-2H3. The Balaban J connectivity index is 1.59. The largest absolute Gasteiger partial charge is 0.493 e. The molecule has 1 aliphatic carbocycles. The van der Waals surface area contributed by atoms with Gasteiger partial charge in [-0.15, -0.1) is 0 Å². The molecule has 3 rings (SSSR count). The van der Waals surface area contributed by atoms with Gasteiger partial charge in [-0.05, 0) is 45.0 Å². The van der Waals surface area contributed by atoms with Gasteiger partial charge in [0.05, 0.1) is 6.61 Å². The Morgan fingerprint density at radius 1 is 1.24 bits per heavy atom. The van der Waals surface area contributed by atoms with E-state index in [1.54, 1.807) is 0 Å². The minimum absolute atomic E-state index is 0.380. The molecular weight excluding hydrogens is 260 g/mol. The van der Waals surface area contributed by atoms with Crippen LogP contribution < -0.4 is 10.1 Å². The molecule has 0 bridgehead atoms. The molecule has 0 radical (unpaired) electrons. The summed E-state index contributed by atoms with van der Waals surface area (Å²) in [4.78, 5) is 2.44. The summed E-state index contributed by atoms with van der Waals surface area (Å²) in [7, 11) is 4.47. The fraction of sp³-hybridized carbons (Fsp3) is 0.667. The van der Waals surface area contributed by atoms with Crippen molar-refractivity contribution in [3.8, 4) is 5.75 Å². The number of fused-ring (bicyclic) bond motifs is 1. The van der Waals surface area contributed by atoms with Crippen LogP contribution in [0.15, 0.2) is 24.3 Å². The van der Waals surface area contributed by atoms with Crippen LogP contribution in [-0.2, 0) is 0 Å². The van der Waals surface area contributed by atoms with Crippen LogP contribution in [0.2, 0.25) is 0 Å². The van der Waals surface area contributed by atoms with E-state index in [0.717, 1.165) is 31.9 Å². The number of nitrogens with one attached hydrogen (secondary N) is 1. The van der Waals surface area contributed by atoms with Gasteiger partial charge in [0.25, 0.3) is 0 Å². The highest BCUT2D eigenvalue weighted by Gasteiger charge is 2.35. The zero-order valence-electron chi connectivity index (χ0n) is 13.4. The van der Waals surface area contributed by atoms with Crippen LogP contribution >= 0.6 is 0 Å². The van der Waals surface area contributed by atoms with Crippen LogP contribution in [-0.4, -0.2) is 44.2 Å². The number of hydrogen-bond donors (Lipinski definition) is 1. The molecule has 1 fully saturated rings. The van der Waals surface area contributed by atoms with E-state index in [-0.39, 0.29) is 0 Å². The predicted molar refractivity (Wildman–Crippen MR) is 87.1 cm³/mol. The second kappa shape index (κ2) is 6.37. The molecule has 0 spiro atoms. The number of benzene rings is 1. The van der Waals surface area contributed by atoms with Gasteiger partial charge in [0.1, 0.15) is 5.75 Å². The van der Waals surface area contributed by atoms with E-state index in [1.165, 1.54) is 31.2 Å². The van der Waals surface area contributed by atoms with Crippen LogP contribution in [0.3, 0.4) is 0 Å². The number of para-hydroxylation sites is 1. The van der Waals surface area contributed by atoms with Gasteiger partial charge in [0.2, 0.25) is 0 Å². The molecule has 0 aromatic heterocycles. The fourth-order valence-corrected chi connectivity index (χ4v) is 3.92. The zero-order valence-corrected chi connectivity index (χ0v) is 13.4. The van der Waals surface area contributed by atoms with Crippen molar-refractivity contribution in [2.75, 3.05) is 33.8 Å². The summed E-state index contributed by atoms with van der Waals surface area (Å²) in [5.74, 6) is 1.68. The average molecular weight is 288 g/mol. The monoisotopic (exact) mass is 288 g/mol. The van der Waals surface area contributed by atoms with E-state index < -0.39 is 0 Å². The molecule has 1 unspecified atom stereocenters. The molecule has 21 heavy (non-hydrogen) atoms. The molecule has 3 heteroatoms. The summed E-state index contributed by atoms with van der Waals surface area (Å²) in [6.07, 6.45) is 6.54. The van der Waals surface area contributed by atoms with Crippen molar-refractivity contribution in [2.45, 2.75) is 43.6 Å². The molecule has 1 heterocycles. The van der Waals surface area contributed by atoms with Crippen LogP contribution in [0, 0.1) is 0 Å². The minimum Gasteiger partial charge on any atom is -0.493 e. The Morgan fingerprint density at radius 3 is 2.76 bits per heavy atom. The number of hydrogen-bond acceptors (Lipinski definition) is 3. The molecule has 1 saturated carbocycles. The van der Waals surface area contributed by atoms with Crippen molar-refractivity contribution in [1.82, 2.24) is 10.2 Å². The maximum atomic E-state index is 5.76. The van der Waals surface area contributed by atoms with Crippen molar-refractivity contribution in [3.63, 3.8) is 0 Å². The van der Waals surface area contributed by atoms with Gasteiger partial charge in [0, 0.05) is 24.5 Å². The highest BCUT2D eigenvalue weighted by molar-refractivity contribution is 5.37. The second-order valence-electron chi connectivity index (χ2n) is 6.83. The molecule has 1 N–H and O–H groups in total. The zero-order chi connectivity index (χ0) is 14.7. The van der Waals surface area contributed by atoms with Gasteiger partial charge in [-0.3, -0.25) is 0 Å². The summed E-state index contributed by atoms with van der Waals surface area (Å²) in [6, 6.07) is 8.50. The lowest BCUT2D eigenvalue weighted by molar-refractivity contribution is 0.152. The number of likely N-dealkylation sites (N-methyl/N-ethyl adjacent to an activating group) is 1. The van der Waals surface area contributed by atoms with E-state index in [4.69, 9.17) is 4.74 Å². The van der Waals surface area contributed by atoms with Gasteiger partial charge in [-0.25, -0.2) is 0 Å². The van der Waals surface area contributed by atoms with Gasteiger partial charge < -0.3 is 15.0 Å². The molecule has 1 atom stereocenters. The maximum absolute atomic E-state index is 5.76. The molecular formula is C18H28N2O. The quantitative estimate of drug-likeness (QED) is 0.901. The summed E-state index contributed by atoms with van der Waals surface area (Å²) < 4.78 is 5.76. The molecule has 1 aromatic rings. The number of ether oxygens (including phenoxy) is 1. The Kier molecular flexibility index (Phi) is 4.51. The van der Waals surface area contributed by atoms with Crippen molar-refractivity contribution in [2.24, 2.45) is 0 Å². The SMILES string of the molecule is CN(C)C1(CNCC2CCOc3ccccc32)CCCC1. The topological polar surface area (TPSA) is 24.5 Å². The lowest BCUT2D eigenvalue weighted by Gasteiger charge is -2.37. The lowest BCUT2D eigenvalue weighted by atomic mass is 9.92. The minimum atomic E-state index is 0.380. The first-order valence-electron chi connectivity index (χ1n) is 8.31. The Morgan fingerprint density at radius 2 is 2.00 bits per heavy atom. The van der Waals surface area contributed by atoms with E-state index in [0.29, 0.717) is 11.5 Å². The summed E-state index contributed by atoms with van der Waals surface area (Å²) in [5.41, 5.74) is 1.76. The molecule has 0 saturated heterocycles. The van der Waals surface area contributed by atoms with Crippen molar-refractivity contribution in [1.29, 1.82) is 0 Å². The first-order valence-corrected chi connectivity index (χ1v) is 8.31. The van der Waals surface area contributed by atoms with Crippen LogP contribution in [0.4, 0.5) is 0 Å². The van der Waals surface area contributed by atoms with E-state index >= 15 is 0 Å². The van der Waals surface area contributed by atoms with Crippen LogP contribution in [0.5, 0.6) is 5.75 Å². The molecule has 1 aromatic carbocycles. The fourth-order valence-electron chi connectivity index (χ4n) is 3.92. The smallest absolute Gasteiger partial charge is 0.122 e. The first-order chi connectivity index (χ1) is 10.2. The normalized spacial score (nSPS) is 23.9. The number of rotatable bonds is 5. The highest BCUT2D eigenvalue weighted by Crippen LogP contribution is 2.35. The third-order valence-corrected chi connectivity index (χ3v) is 5.41. The van der Waals surface area contributed by atoms with Gasteiger partial charge in [0.15, 0.2) is 0 Å². The van der Waals surface area contributed by atoms with Crippen molar-refractivity contribution < 1.29 is 4.74 Å². The van der Waals surface area contributed by atoms with Gasteiger partial charge >= 0.3 is 0 Å². The third kappa shape index (κ3) is 3.09. The molecule has 0 amide bonds. The predicted octanol–water partition coefficient (Wildman–Crippen LogP) is 3.02. The van der Waals surface area contributed by atoms with Crippen LogP contribution in [0.25, 0.3) is 0 Å². The molecule has 2 aliphatic rings. The first kappa shape index (κ1) is 14.9. The van der Waals surface area contributed by atoms with E-state index in [2.05, 4.69) is 48.6 Å². The third-order valence-electron chi connectivity index (χ3n) is 5.41. The van der Waals surface area contributed by atoms with Crippen molar-refractivity contribution >= 4 is 0 Å². The Hall–Kier alpha value is -1.06. The Bertz CT molecular complexity index is 466. The summed E-state index contributed by atoms with van der Waals surface area (Å²) >= 11 is 0. The number of nitrogens with zero attached hydrogens (tertiary/aromatic N) is 1.